The lowest BCUT2D eigenvalue weighted by atomic mass is 9.64. The molecule has 1 atom stereocenters. The number of hydrogen-bond acceptors (Lipinski definition) is 4. The number of carbonyl (C=O) groups excluding carboxylic acids is 1. The van der Waals surface area contributed by atoms with E-state index in [0.717, 1.165) is 6.42 Å². The first-order valence-corrected chi connectivity index (χ1v) is 6.19. The normalized spacial score (nSPS) is 24.2. The molecule has 0 spiro atoms. The lowest BCUT2D eigenvalue weighted by Gasteiger charge is -2.45. The van der Waals surface area contributed by atoms with Gasteiger partial charge < -0.3 is 9.84 Å². The first-order chi connectivity index (χ1) is 9.06. The maximum Gasteiger partial charge on any atom is 0.313 e. The van der Waals surface area contributed by atoms with Crippen LogP contribution in [-0.2, 0) is 9.59 Å². The van der Waals surface area contributed by atoms with E-state index >= 15 is 0 Å². The van der Waals surface area contributed by atoms with E-state index in [1.54, 1.807) is 25.4 Å². The highest BCUT2D eigenvalue weighted by atomic mass is 16.5. The summed E-state index contributed by atoms with van der Waals surface area (Å²) >= 11 is 0. The highest BCUT2D eigenvalue weighted by molar-refractivity contribution is 6.02. The number of hydrogen-bond donors (Lipinski definition) is 1. The summed E-state index contributed by atoms with van der Waals surface area (Å²) < 4.78 is 5.65. The molecule has 6 heteroatoms. The Morgan fingerprint density at radius 1 is 1.58 bits per heavy atom. The van der Waals surface area contributed by atoms with Gasteiger partial charge in [0.15, 0.2) is 17.7 Å². The number of carbonyl (C=O) groups is 2. The molecular weight excluding hydrogens is 248 g/mol. The van der Waals surface area contributed by atoms with Crippen LogP contribution in [0.15, 0.2) is 18.3 Å². The number of amides is 1. The highest BCUT2D eigenvalue weighted by Crippen LogP contribution is 2.48. The van der Waals surface area contributed by atoms with Gasteiger partial charge in [-0.2, -0.15) is 0 Å². The maximum atomic E-state index is 12.3. The van der Waals surface area contributed by atoms with Crippen LogP contribution < -0.4 is 9.64 Å². The highest BCUT2D eigenvalue weighted by Gasteiger charge is 2.57. The van der Waals surface area contributed by atoms with Crippen LogP contribution >= 0.6 is 0 Å². The van der Waals surface area contributed by atoms with Gasteiger partial charge in [-0.25, -0.2) is 4.98 Å². The van der Waals surface area contributed by atoms with E-state index in [2.05, 4.69) is 4.98 Å². The minimum absolute atomic E-state index is 0.340. The molecule has 1 fully saturated rings. The number of anilines is 1. The van der Waals surface area contributed by atoms with Crippen LogP contribution in [0.2, 0.25) is 0 Å². The fourth-order valence-electron chi connectivity index (χ4n) is 2.68. The number of nitrogens with zero attached hydrogens (tertiary/aromatic N) is 2. The van der Waals surface area contributed by atoms with Gasteiger partial charge in [0.25, 0.3) is 5.91 Å². The molecular formula is C13H14N2O4. The number of aromatic nitrogens is 1. The van der Waals surface area contributed by atoms with Gasteiger partial charge in [-0.05, 0) is 25.0 Å². The average Bonchev–Trinajstić information content (AvgIpc) is 2.33. The molecule has 100 valence electrons. The maximum absolute atomic E-state index is 12.3. The number of aliphatic carboxylic acids is 1. The van der Waals surface area contributed by atoms with Crippen molar-refractivity contribution in [2.45, 2.75) is 25.4 Å². The van der Waals surface area contributed by atoms with E-state index < -0.39 is 17.5 Å². The lowest BCUT2D eigenvalue weighted by molar-refractivity contribution is -0.168. The van der Waals surface area contributed by atoms with Crippen molar-refractivity contribution < 1.29 is 19.4 Å². The first-order valence-electron chi connectivity index (χ1n) is 6.19. The van der Waals surface area contributed by atoms with Crippen molar-refractivity contribution in [3.05, 3.63) is 18.3 Å². The molecule has 1 unspecified atom stereocenters. The van der Waals surface area contributed by atoms with Crippen LogP contribution in [0.1, 0.15) is 19.3 Å². The van der Waals surface area contributed by atoms with E-state index in [1.807, 2.05) is 0 Å². The van der Waals surface area contributed by atoms with Crippen molar-refractivity contribution in [3.8, 4) is 5.75 Å². The summed E-state index contributed by atoms with van der Waals surface area (Å²) in [4.78, 5) is 29.3. The zero-order chi connectivity index (χ0) is 13.6. The quantitative estimate of drug-likeness (QED) is 0.862. The fourth-order valence-corrected chi connectivity index (χ4v) is 2.68. The summed E-state index contributed by atoms with van der Waals surface area (Å²) in [7, 11) is 1.60. The van der Waals surface area contributed by atoms with Gasteiger partial charge in [-0.3, -0.25) is 14.5 Å². The van der Waals surface area contributed by atoms with Crippen LogP contribution in [0.5, 0.6) is 5.75 Å². The molecule has 0 saturated heterocycles. The van der Waals surface area contributed by atoms with Crippen LogP contribution in [0.25, 0.3) is 0 Å². The molecule has 6 nitrogen and oxygen atoms in total. The number of rotatable bonds is 2. The molecule has 1 aliphatic heterocycles. The third-order valence-corrected chi connectivity index (χ3v) is 4.04. The molecule has 0 aromatic carbocycles. The summed E-state index contributed by atoms with van der Waals surface area (Å²) in [5.41, 5.74) is -1.08. The Kier molecular flexibility index (Phi) is 2.48. The largest absolute Gasteiger partial charge is 0.481 e. The van der Waals surface area contributed by atoms with E-state index in [1.165, 1.54) is 4.90 Å². The van der Waals surface area contributed by atoms with Crippen molar-refractivity contribution in [1.82, 2.24) is 4.98 Å². The second-order valence-corrected chi connectivity index (χ2v) is 5.04. The zero-order valence-electron chi connectivity index (χ0n) is 10.5. The first kappa shape index (κ1) is 12.0. The van der Waals surface area contributed by atoms with Gasteiger partial charge >= 0.3 is 5.97 Å². The van der Waals surface area contributed by atoms with Crippen molar-refractivity contribution in [1.29, 1.82) is 0 Å². The minimum atomic E-state index is -1.08. The number of pyridine rings is 1. The summed E-state index contributed by atoms with van der Waals surface area (Å²) in [5, 5.41) is 9.42. The number of carboxylic acid groups (broad SMARTS) is 1. The summed E-state index contributed by atoms with van der Waals surface area (Å²) in [5.74, 6) is -0.406. The smallest absolute Gasteiger partial charge is 0.313 e. The van der Waals surface area contributed by atoms with Crippen LogP contribution in [0.3, 0.4) is 0 Å². The molecule has 1 N–H and O–H groups in total. The van der Waals surface area contributed by atoms with E-state index in [0.29, 0.717) is 24.4 Å². The SMILES string of the molecule is CN1C(=O)C(C2(C(=O)O)CCC2)Oc2cccnc21. The molecule has 0 bridgehead atoms. The van der Waals surface area contributed by atoms with Gasteiger partial charge in [0, 0.05) is 13.2 Å². The molecule has 1 aromatic heterocycles. The van der Waals surface area contributed by atoms with Crippen molar-refractivity contribution in [2.75, 3.05) is 11.9 Å². The van der Waals surface area contributed by atoms with Gasteiger partial charge in [-0.1, -0.05) is 6.42 Å². The fraction of sp³-hybridized carbons (Fsp3) is 0.462. The Bertz CT molecular complexity index is 553. The summed E-state index contributed by atoms with van der Waals surface area (Å²) in [6.07, 6.45) is 2.37. The molecule has 2 aliphatic rings. The molecule has 1 aromatic rings. The van der Waals surface area contributed by atoms with Crippen LogP contribution in [-0.4, -0.2) is 35.1 Å². The van der Waals surface area contributed by atoms with Gasteiger partial charge in [0.1, 0.15) is 5.41 Å². The molecule has 0 radical (unpaired) electrons. The Morgan fingerprint density at radius 2 is 2.32 bits per heavy atom. The second-order valence-electron chi connectivity index (χ2n) is 5.04. The van der Waals surface area contributed by atoms with Crippen molar-refractivity contribution in [2.24, 2.45) is 5.41 Å². The van der Waals surface area contributed by atoms with Crippen molar-refractivity contribution >= 4 is 17.7 Å². The molecule has 1 saturated carbocycles. The lowest BCUT2D eigenvalue weighted by Crippen LogP contribution is -2.59. The summed E-state index contributed by atoms with van der Waals surface area (Å²) in [6, 6.07) is 3.40. The third-order valence-electron chi connectivity index (χ3n) is 4.04. The number of carboxylic acids is 1. The standard InChI is InChI=1S/C13H14N2O4/c1-15-10-8(4-2-7-14-10)19-9(11(15)16)13(12(17)18)5-3-6-13/h2,4,7,9H,3,5-6H2,1H3,(H,17,18). The Morgan fingerprint density at radius 3 is 2.89 bits per heavy atom. The minimum Gasteiger partial charge on any atom is -0.481 e. The predicted octanol–water partition coefficient (Wildman–Crippen LogP) is 1.06. The van der Waals surface area contributed by atoms with Crippen molar-refractivity contribution in [3.63, 3.8) is 0 Å². The third kappa shape index (κ3) is 1.52. The monoisotopic (exact) mass is 262 g/mol. The second kappa shape index (κ2) is 3.94. The Labute approximate surface area is 110 Å². The molecule has 2 heterocycles. The molecule has 19 heavy (non-hydrogen) atoms. The van der Waals surface area contributed by atoms with E-state index in [4.69, 9.17) is 4.74 Å². The molecule has 1 aliphatic carbocycles. The molecule has 3 rings (SSSR count). The van der Waals surface area contributed by atoms with E-state index in [9.17, 15) is 14.7 Å². The van der Waals surface area contributed by atoms with Gasteiger partial charge in [0.2, 0.25) is 0 Å². The number of likely N-dealkylation sites (N-methyl/N-ethyl adjacent to an activating group) is 1. The molecule has 1 amide bonds. The predicted molar refractivity (Wildman–Crippen MR) is 66.0 cm³/mol. The van der Waals surface area contributed by atoms with Crippen LogP contribution in [0, 0.1) is 5.41 Å². The Hall–Kier alpha value is -2.11. The van der Waals surface area contributed by atoms with Gasteiger partial charge in [-0.15, -0.1) is 0 Å². The Balaban J connectivity index is 2.02. The van der Waals surface area contributed by atoms with Gasteiger partial charge in [0.05, 0.1) is 0 Å². The number of fused-ring (bicyclic) bond motifs is 1. The zero-order valence-corrected chi connectivity index (χ0v) is 10.5. The summed E-state index contributed by atoms with van der Waals surface area (Å²) in [6.45, 7) is 0. The van der Waals surface area contributed by atoms with E-state index in [-0.39, 0.29) is 5.91 Å². The van der Waals surface area contributed by atoms with Crippen LogP contribution in [0.4, 0.5) is 5.82 Å². The number of ether oxygens (including phenoxy) is 1. The topological polar surface area (TPSA) is 79.7 Å². The average molecular weight is 262 g/mol.